The van der Waals surface area contributed by atoms with Crippen molar-refractivity contribution in [1.29, 1.82) is 0 Å². The molecule has 0 saturated carbocycles. The minimum Gasteiger partial charge on any atom is -0.481 e. The van der Waals surface area contributed by atoms with Crippen LogP contribution < -0.4 is 0 Å². The predicted molar refractivity (Wildman–Crippen MR) is 63.0 cm³/mol. The molecule has 6 heteroatoms. The smallest absolute Gasteiger partial charge is 0.308 e. The van der Waals surface area contributed by atoms with Crippen LogP contribution in [0.5, 0.6) is 0 Å². The number of likely N-dealkylation sites (tertiary alicyclic amines) is 1. The van der Waals surface area contributed by atoms with E-state index in [1.165, 1.54) is 12.4 Å². The molecule has 0 radical (unpaired) electrons. The van der Waals surface area contributed by atoms with E-state index < -0.39 is 11.9 Å². The molecule has 6 nitrogen and oxygen atoms in total. The fourth-order valence-corrected chi connectivity index (χ4v) is 2.03. The van der Waals surface area contributed by atoms with Crippen LogP contribution in [0.3, 0.4) is 0 Å². The Morgan fingerprint density at radius 2 is 2.17 bits per heavy atom. The number of piperidine rings is 1. The van der Waals surface area contributed by atoms with Gasteiger partial charge >= 0.3 is 5.97 Å². The van der Waals surface area contributed by atoms with Crippen molar-refractivity contribution in [1.82, 2.24) is 14.9 Å². The number of hydrogen-bond acceptors (Lipinski definition) is 4. The lowest BCUT2D eigenvalue weighted by atomic mass is 9.98. The molecule has 1 fully saturated rings. The number of amides is 1. The lowest BCUT2D eigenvalue weighted by Crippen LogP contribution is -2.42. The van der Waals surface area contributed by atoms with E-state index in [9.17, 15) is 9.59 Å². The lowest BCUT2D eigenvalue weighted by molar-refractivity contribution is -0.143. The summed E-state index contributed by atoms with van der Waals surface area (Å²) in [7, 11) is 0. The fraction of sp³-hybridized carbons (Fsp3) is 0.500. The Hall–Kier alpha value is -1.98. The highest BCUT2D eigenvalue weighted by Gasteiger charge is 2.29. The third-order valence-corrected chi connectivity index (χ3v) is 3.06. The molecule has 0 unspecified atom stereocenters. The molecule has 96 valence electrons. The van der Waals surface area contributed by atoms with Crippen molar-refractivity contribution in [2.24, 2.45) is 5.92 Å². The van der Waals surface area contributed by atoms with E-state index in [2.05, 4.69) is 9.97 Å². The van der Waals surface area contributed by atoms with Crippen LogP contribution in [-0.2, 0) is 4.79 Å². The van der Waals surface area contributed by atoms with Gasteiger partial charge in [-0.1, -0.05) is 0 Å². The summed E-state index contributed by atoms with van der Waals surface area (Å²) in [6.45, 7) is 2.63. The average Bonchev–Trinajstić information content (AvgIpc) is 2.39. The van der Waals surface area contributed by atoms with Gasteiger partial charge in [0.15, 0.2) is 0 Å². The third-order valence-electron chi connectivity index (χ3n) is 3.06. The van der Waals surface area contributed by atoms with Crippen molar-refractivity contribution in [2.45, 2.75) is 19.8 Å². The highest BCUT2D eigenvalue weighted by molar-refractivity contribution is 5.92. The van der Waals surface area contributed by atoms with Crippen molar-refractivity contribution in [2.75, 3.05) is 13.1 Å². The third kappa shape index (κ3) is 2.64. The van der Waals surface area contributed by atoms with Gasteiger partial charge in [0, 0.05) is 19.3 Å². The molecule has 1 atom stereocenters. The number of rotatable bonds is 2. The molecular formula is C12H15N3O3. The minimum atomic E-state index is -0.845. The van der Waals surface area contributed by atoms with Gasteiger partial charge in [-0.2, -0.15) is 0 Å². The predicted octanol–water partition coefficient (Wildman–Crippen LogP) is 0.722. The second-order valence-corrected chi connectivity index (χ2v) is 4.47. The highest BCUT2D eigenvalue weighted by atomic mass is 16.4. The number of aliphatic carboxylic acids is 1. The first-order valence-electron chi connectivity index (χ1n) is 5.88. The van der Waals surface area contributed by atoms with Crippen molar-refractivity contribution in [3.05, 3.63) is 23.8 Å². The normalized spacial score (nSPS) is 19.6. The molecule has 0 spiro atoms. The highest BCUT2D eigenvalue weighted by Crippen LogP contribution is 2.18. The van der Waals surface area contributed by atoms with Gasteiger partial charge in [-0.3, -0.25) is 14.6 Å². The van der Waals surface area contributed by atoms with Crippen molar-refractivity contribution in [3.8, 4) is 0 Å². The Morgan fingerprint density at radius 3 is 2.78 bits per heavy atom. The van der Waals surface area contributed by atoms with Crippen LogP contribution in [0.15, 0.2) is 12.4 Å². The molecule has 1 aromatic rings. The van der Waals surface area contributed by atoms with E-state index in [1.54, 1.807) is 11.8 Å². The van der Waals surface area contributed by atoms with Crippen LogP contribution in [0.25, 0.3) is 0 Å². The zero-order valence-electron chi connectivity index (χ0n) is 10.2. The Balaban J connectivity index is 2.09. The molecule has 1 aliphatic rings. The van der Waals surface area contributed by atoms with Crippen molar-refractivity contribution < 1.29 is 14.7 Å². The van der Waals surface area contributed by atoms with Gasteiger partial charge in [0.25, 0.3) is 5.91 Å². The molecule has 1 aromatic heterocycles. The summed E-state index contributed by atoms with van der Waals surface area (Å²) >= 11 is 0. The number of aromatic nitrogens is 2. The number of aryl methyl sites for hydroxylation is 1. The van der Waals surface area contributed by atoms with Crippen LogP contribution in [0.4, 0.5) is 0 Å². The molecule has 1 aliphatic heterocycles. The minimum absolute atomic E-state index is 0.242. The topological polar surface area (TPSA) is 83.4 Å². The number of hydrogen-bond donors (Lipinski definition) is 1. The van der Waals surface area contributed by atoms with E-state index in [-0.39, 0.29) is 18.1 Å². The number of nitrogens with zero attached hydrogens (tertiary/aromatic N) is 3. The Kier molecular flexibility index (Phi) is 3.55. The Labute approximate surface area is 105 Å². The molecule has 1 saturated heterocycles. The van der Waals surface area contributed by atoms with E-state index in [1.807, 2.05) is 0 Å². The number of carbonyl (C=O) groups excluding carboxylic acids is 1. The number of carboxylic acids is 1. The molecule has 0 aliphatic carbocycles. The second kappa shape index (κ2) is 5.12. The number of carbonyl (C=O) groups is 2. The SMILES string of the molecule is Cc1cnc(C(=O)N2CCC[C@H](C(=O)O)C2)cn1. The van der Waals surface area contributed by atoms with Gasteiger partial charge in [0.05, 0.1) is 17.8 Å². The van der Waals surface area contributed by atoms with Crippen molar-refractivity contribution >= 4 is 11.9 Å². The van der Waals surface area contributed by atoms with Gasteiger partial charge in [-0.15, -0.1) is 0 Å². The van der Waals surface area contributed by atoms with Crippen LogP contribution in [0.2, 0.25) is 0 Å². The van der Waals surface area contributed by atoms with E-state index in [4.69, 9.17) is 5.11 Å². The van der Waals surface area contributed by atoms with Gasteiger partial charge in [0.2, 0.25) is 0 Å². The van der Waals surface area contributed by atoms with Gasteiger partial charge < -0.3 is 10.0 Å². The molecule has 1 amide bonds. The summed E-state index contributed by atoms with van der Waals surface area (Å²) in [5, 5.41) is 8.98. The summed E-state index contributed by atoms with van der Waals surface area (Å²) < 4.78 is 0. The summed E-state index contributed by atoms with van der Waals surface area (Å²) in [6.07, 6.45) is 4.30. The zero-order chi connectivity index (χ0) is 13.1. The van der Waals surface area contributed by atoms with E-state index in [0.29, 0.717) is 19.4 Å². The average molecular weight is 249 g/mol. The first kappa shape index (κ1) is 12.5. The first-order valence-corrected chi connectivity index (χ1v) is 5.88. The van der Waals surface area contributed by atoms with Crippen LogP contribution in [-0.4, -0.2) is 44.9 Å². The number of carboxylic acid groups (broad SMARTS) is 1. The summed E-state index contributed by atoms with van der Waals surface area (Å²) in [5.74, 6) is -1.56. The van der Waals surface area contributed by atoms with Gasteiger partial charge in [-0.05, 0) is 19.8 Å². The second-order valence-electron chi connectivity index (χ2n) is 4.47. The van der Waals surface area contributed by atoms with Gasteiger partial charge in [-0.25, -0.2) is 4.98 Å². The summed E-state index contributed by atoms with van der Waals surface area (Å²) in [6, 6.07) is 0. The molecule has 18 heavy (non-hydrogen) atoms. The molecule has 0 aromatic carbocycles. The lowest BCUT2D eigenvalue weighted by Gasteiger charge is -2.30. The Morgan fingerprint density at radius 1 is 1.39 bits per heavy atom. The van der Waals surface area contributed by atoms with Crippen molar-refractivity contribution in [3.63, 3.8) is 0 Å². The molecule has 2 rings (SSSR count). The zero-order valence-corrected chi connectivity index (χ0v) is 10.2. The van der Waals surface area contributed by atoms with E-state index in [0.717, 1.165) is 5.69 Å². The maximum Gasteiger partial charge on any atom is 0.308 e. The van der Waals surface area contributed by atoms with E-state index >= 15 is 0 Å². The van der Waals surface area contributed by atoms with Crippen LogP contribution >= 0.6 is 0 Å². The molecular weight excluding hydrogens is 234 g/mol. The molecule has 0 bridgehead atoms. The quantitative estimate of drug-likeness (QED) is 0.835. The van der Waals surface area contributed by atoms with Crippen LogP contribution in [0.1, 0.15) is 29.0 Å². The van der Waals surface area contributed by atoms with Gasteiger partial charge in [0.1, 0.15) is 5.69 Å². The molecule has 1 N–H and O–H groups in total. The largest absolute Gasteiger partial charge is 0.481 e. The maximum atomic E-state index is 12.1. The fourth-order valence-electron chi connectivity index (χ4n) is 2.03. The van der Waals surface area contributed by atoms with Crippen LogP contribution in [0, 0.1) is 12.8 Å². The summed E-state index contributed by atoms with van der Waals surface area (Å²) in [4.78, 5) is 32.6. The monoisotopic (exact) mass is 249 g/mol. The molecule has 2 heterocycles. The summed E-state index contributed by atoms with van der Waals surface area (Å²) in [5.41, 5.74) is 1.01. The standard InChI is InChI=1S/C12H15N3O3/c1-8-5-14-10(6-13-8)11(16)15-4-2-3-9(7-15)12(17)18/h5-6,9H,2-4,7H2,1H3,(H,17,18)/t9-/m0/s1. The maximum absolute atomic E-state index is 12.1. The Bertz CT molecular complexity index is 458. The first-order chi connectivity index (χ1) is 8.58.